The molecule has 104 valence electrons. The Hall–Kier alpha value is -0.120. The first kappa shape index (κ1) is 12.9. The van der Waals surface area contributed by atoms with E-state index in [2.05, 4.69) is 6.92 Å². The van der Waals surface area contributed by atoms with Gasteiger partial charge in [-0.1, -0.05) is 19.8 Å². The molecule has 2 heterocycles. The molecule has 0 aromatic rings. The molecule has 1 saturated carbocycles. The molecule has 1 aliphatic carbocycles. The maximum Gasteiger partial charge on any atom is 0.0940 e. The first-order valence-electron chi connectivity index (χ1n) is 7.63. The first-order valence-corrected chi connectivity index (χ1v) is 7.63. The normalized spacial score (nSPS) is 49.7. The smallest absolute Gasteiger partial charge is 0.0940 e. The predicted molar refractivity (Wildman–Crippen MR) is 71.4 cm³/mol. The number of nitrogens with two attached hydrogens (primary N) is 1. The Balaban J connectivity index is 1.71. The van der Waals surface area contributed by atoms with Crippen molar-refractivity contribution in [1.82, 2.24) is 0 Å². The molecule has 3 nitrogen and oxygen atoms in total. The third kappa shape index (κ3) is 2.33. The molecule has 3 fully saturated rings. The highest BCUT2D eigenvalue weighted by molar-refractivity contribution is 5.01. The number of hydrogen-bond acceptors (Lipinski definition) is 3. The van der Waals surface area contributed by atoms with Gasteiger partial charge in [0.2, 0.25) is 0 Å². The van der Waals surface area contributed by atoms with E-state index in [0.29, 0.717) is 5.92 Å². The van der Waals surface area contributed by atoms with E-state index in [1.54, 1.807) is 0 Å². The number of rotatable bonds is 1. The molecule has 2 saturated heterocycles. The highest BCUT2D eigenvalue weighted by Crippen LogP contribution is 2.45. The van der Waals surface area contributed by atoms with Crippen molar-refractivity contribution in [2.75, 3.05) is 19.8 Å². The first-order chi connectivity index (χ1) is 8.62. The molecule has 0 radical (unpaired) electrons. The van der Waals surface area contributed by atoms with Gasteiger partial charge in [-0.3, -0.25) is 0 Å². The van der Waals surface area contributed by atoms with Crippen LogP contribution in [0.3, 0.4) is 0 Å². The lowest BCUT2D eigenvalue weighted by atomic mass is 9.65. The molecule has 1 spiro atoms. The monoisotopic (exact) mass is 253 g/mol. The van der Waals surface area contributed by atoms with Gasteiger partial charge < -0.3 is 15.2 Å². The maximum absolute atomic E-state index is 6.78. The van der Waals surface area contributed by atoms with E-state index in [1.807, 2.05) is 0 Å². The summed E-state index contributed by atoms with van der Waals surface area (Å²) in [6.45, 7) is 4.88. The van der Waals surface area contributed by atoms with Crippen LogP contribution in [0, 0.1) is 11.8 Å². The fraction of sp³-hybridized carbons (Fsp3) is 1.00. The molecule has 2 aliphatic heterocycles. The van der Waals surface area contributed by atoms with Crippen LogP contribution in [0.1, 0.15) is 51.9 Å². The third-order valence-electron chi connectivity index (χ3n) is 5.44. The second-order valence-electron chi connectivity index (χ2n) is 6.96. The van der Waals surface area contributed by atoms with E-state index >= 15 is 0 Å². The quantitative estimate of drug-likeness (QED) is 0.781. The fourth-order valence-corrected chi connectivity index (χ4v) is 4.39. The second kappa shape index (κ2) is 4.77. The molecule has 18 heavy (non-hydrogen) atoms. The van der Waals surface area contributed by atoms with Gasteiger partial charge >= 0.3 is 0 Å². The van der Waals surface area contributed by atoms with Crippen molar-refractivity contribution in [2.45, 2.75) is 63.0 Å². The molecule has 3 heteroatoms. The predicted octanol–water partition coefficient (Wildman–Crippen LogP) is 2.48. The average Bonchev–Trinajstić information content (AvgIpc) is 2.77. The summed E-state index contributed by atoms with van der Waals surface area (Å²) in [7, 11) is 0. The maximum atomic E-state index is 6.78. The van der Waals surface area contributed by atoms with Gasteiger partial charge in [-0.05, 0) is 37.5 Å². The minimum Gasteiger partial charge on any atom is -0.378 e. The van der Waals surface area contributed by atoms with E-state index < -0.39 is 0 Å². The summed E-state index contributed by atoms with van der Waals surface area (Å²) in [4.78, 5) is 0. The summed E-state index contributed by atoms with van der Waals surface area (Å²) >= 11 is 0. The topological polar surface area (TPSA) is 44.5 Å². The Bertz CT molecular complexity index is 301. The van der Waals surface area contributed by atoms with Crippen LogP contribution in [0.2, 0.25) is 0 Å². The molecular formula is C15H27NO2. The van der Waals surface area contributed by atoms with E-state index in [1.165, 1.54) is 25.7 Å². The Morgan fingerprint density at radius 3 is 2.72 bits per heavy atom. The van der Waals surface area contributed by atoms with E-state index in [4.69, 9.17) is 15.2 Å². The van der Waals surface area contributed by atoms with Gasteiger partial charge in [0.1, 0.15) is 0 Å². The zero-order valence-electron chi connectivity index (χ0n) is 11.6. The van der Waals surface area contributed by atoms with Crippen molar-refractivity contribution in [2.24, 2.45) is 17.6 Å². The van der Waals surface area contributed by atoms with Crippen LogP contribution in [0.5, 0.6) is 0 Å². The Kier molecular flexibility index (Phi) is 3.41. The zero-order chi connectivity index (χ0) is 12.6. The van der Waals surface area contributed by atoms with E-state index in [9.17, 15) is 0 Å². The zero-order valence-corrected chi connectivity index (χ0v) is 11.6. The molecular weight excluding hydrogens is 226 g/mol. The summed E-state index contributed by atoms with van der Waals surface area (Å²) in [6, 6.07) is 0. The summed E-state index contributed by atoms with van der Waals surface area (Å²) < 4.78 is 11.6. The molecule has 0 aromatic carbocycles. The molecule has 3 rings (SSSR count). The van der Waals surface area contributed by atoms with E-state index in [-0.39, 0.29) is 11.1 Å². The molecule has 0 amide bonds. The van der Waals surface area contributed by atoms with Crippen molar-refractivity contribution in [1.29, 1.82) is 0 Å². The standard InChI is InChI=1S/C15H27NO2/c1-12-3-2-5-15(16,9-12)13-4-7-18-14(10-13)6-8-17-11-14/h12-13H,2-11,16H2,1H3. The highest BCUT2D eigenvalue weighted by atomic mass is 16.6. The van der Waals surface area contributed by atoms with Gasteiger partial charge in [-0.2, -0.15) is 0 Å². The SMILES string of the molecule is CC1CCCC(N)(C2CCOC3(CCOC3)C2)C1. The summed E-state index contributed by atoms with van der Waals surface area (Å²) in [5.74, 6) is 1.43. The second-order valence-corrected chi connectivity index (χ2v) is 6.96. The molecule has 2 N–H and O–H groups in total. The molecule has 3 aliphatic rings. The minimum absolute atomic E-state index is 0.00989. The average molecular weight is 253 g/mol. The van der Waals surface area contributed by atoms with Crippen LogP contribution < -0.4 is 5.73 Å². The van der Waals surface area contributed by atoms with Crippen molar-refractivity contribution in [3.8, 4) is 0 Å². The van der Waals surface area contributed by atoms with Gasteiger partial charge in [-0.25, -0.2) is 0 Å². The Morgan fingerprint density at radius 1 is 1.11 bits per heavy atom. The minimum atomic E-state index is 0.00989. The highest BCUT2D eigenvalue weighted by Gasteiger charge is 2.47. The van der Waals surface area contributed by atoms with Crippen molar-refractivity contribution < 1.29 is 9.47 Å². The number of ether oxygens (including phenoxy) is 2. The molecule has 0 aromatic heterocycles. The van der Waals surface area contributed by atoms with Crippen LogP contribution in [-0.4, -0.2) is 31.0 Å². The van der Waals surface area contributed by atoms with Crippen molar-refractivity contribution in [3.05, 3.63) is 0 Å². The molecule has 4 atom stereocenters. The van der Waals surface area contributed by atoms with Crippen molar-refractivity contribution >= 4 is 0 Å². The van der Waals surface area contributed by atoms with Crippen molar-refractivity contribution in [3.63, 3.8) is 0 Å². The van der Waals surface area contributed by atoms with Crippen LogP contribution in [0.15, 0.2) is 0 Å². The van der Waals surface area contributed by atoms with Gasteiger partial charge in [0, 0.05) is 25.2 Å². The van der Waals surface area contributed by atoms with Crippen LogP contribution in [0.25, 0.3) is 0 Å². The Morgan fingerprint density at radius 2 is 2.00 bits per heavy atom. The van der Waals surface area contributed by atoms with E-state index in [0.717, 1.165) is 45.0 Å². The fourth-order valence-electron chi connectivity index (χ4n) is 4.39. The molecule has 0 bridgehead atoms. The van der Waals surface area contributed by atoms with Gasteiger partial charge in [0.25, 0.3) is 0 Å². The van der Waals surface area contributed by atoms with Gasteiger partial charge in [0.05, 0.1) is 12.2 Å². The largest absolute Gasteiger partial charge is 0.378 e. The van der Waals surface area contributed by atoms with Crippen LogP contribution in [-0.2, 0) is 9.47 Å². The lowest BCUT2D eigenvalue weighted by molar-refractivity contribution is -0.113. The lowest BCUT2D eigenvalue weighted by Crippen LogP contribution is -2.55. The van der Waals surface area contributed by atoms with Gasteiger partial charge in [0.15, 0.2) is 0 Å². The third-order valence-corrected chi connectivity index (χ3v) is 5.44. The lowest BCUT2D eigenvalue weighted by Gasteiger charge is -2.48. The summed E-state index contributed by atoms with van der Waals surface area (Å²) in [6.07, 6.45) is 8.40. The Labute approximate surface area is 110 Å². The summed E-state index contributed by atoms with van der Waals surface area (Å²) in [5.41, 5.74) is 6.86. The van der Waals surface area contributed by atoms with Crippen LogP contribution in [0.4, 0.5) is 0 Å². The summed E-state index contributed by atoms with van der Waals surface area (Å²) in [5, 5.41) is 0. The van der Waals surface area contributed by atoms with Crippen LogP contribution >= 0.6 is 0 Å². The number of hydrogen-bond donors (Lipinski definition) is 1. The van der Waals surface area contributed by atoms with Gasteiger partial charge in [-0.15, -0.1) is 0 Å². The molecule has 4 unspecified atom stereocenters.